The van der Waals surface area contributed by atoms with Crippen molar-refractivity contribution in [1.82, 2.24) is 0 Å². The number of carbonyl (C=O) groups excluding carboxylic acids is 4. The molecule has 5 rings (SSSR count). The number of para-hydroxylation sites is 1. The van der Waals surface area contributed by atoms with Crippen molar-refractivity contribution < 1.29 is 43.7 Å². The topological polar surface area (TPSA) is 165 Å². The van der Waals surface area contributed by atoms with E-state index in [1.165, 1.54) is 72.8 Å². The summed E-state index contributed by atoms with van der Waals surface area (Å²) in [6.07, 6.45) is 4.87. The van der Waals surface area contributed by atoms with E-state index in [0.29, 0.717) is 17.1 Å². The average Bonchev–Trinajstić information content (AvgIpc) is 3.41. The lowest BCUT2D eigenvalue weighted by atomic mass is 10.3. The molecule has 2 aliphatic heterocycles. The van der Waals surface area contributed by atoms with Gasteiger partial charge in [-0.05, 0) is 60.7 Å². The lowest BCUT2D eigenvalue weighted by molar-refractivity contribution is -0.121. The lowest BCUT2D eigenvalue weighted by Gasteiger charge is -2.13. The molecule has 0 saturated carbocycles. The second-order valence-corrected chi connectivity index (χ2v) is 8.07. The summed E-state index contributed by atoms with van der Waals surface area (Å²) in [7, 11) is -2.28. The van der Waals surface area contributed by atoms with Gasteiger partial charge in [-0.15, -0.1) is 0 Å². The summed E-state index contributed by atoms with van der Waals surface area (Å²) in [6, 6.07) is 20.4. The highest BCUT2D eigenvalue weighted by atomic mass is 31.2. The highest BCUT2D eigenvalue weighted by Gasteiger charge is 2.25. The Kier molecular flexibility index (Phi) is 9.44. The summed E-state index contributed by atoms with van der Waals surface area (Å²) < 4.78 is 4.59. The van der Waals surface area contributed by atoms with E-state index < -0.39 is 8.60 Å². The van der Waals surface area contributed by atoms with E-state index in [1.54, 1.807) is 24.3 Å². The molecular weight excluding hydrogens is 515 g/mol. The first-order valence-corrected chi connectivity index (χ1v) is 11.9. The number of anilines is 2. The summed E-state index contributed by atoms with van der Waals surface area (Å²) in [4.78, 5) is 63.8. The van der Waals surface area contributed by atoms with Crippen LogP contribution in [0.2, 0.25) is 0 Å². The van der Waals surface area contributed by atoms with Gasteiger partial charge in [0.2, 0.25) is 0 Å². The molecule has 0 radical (unpaired) electrons. The number of imide groups is 2. The van der Waals surface area contributed by atoms with Crippen LogP contribution in [0.1, 0.15) is 0 Å². The van der Waals surface area contributed by atoms with Gasteiger partial charge in [0.1, 0.15) is 17.2 Å². The molecule has 0 aliphatic carbocycles. The van der Waals surface area contributed by atoms with Crippen LogP contribution in [0.3, 0.4) is 0 Å². The molecule has 3 aromatic rings. The number of amides is 4. The Balaban J connectivity index is 0.000000161. The third-order valence-corrected chi connectivity index (χ3v) is 5.14. The van der Waals surface area contributed by atoms with E-state index in [2.05, 4.69) is 4.52 Å². The van der Waals surface area contributed by atoms with Gasteiger partial charge in [0.05, 0.1) is 11.4 Å². The van der Waals surface area contributed by atoms with Crippen LogP contribution in [0.15, 0.2) is 103 Å². The quantitative estimate of drug-likeness (QED) is 0.290. The first-order valence-electron chi connectivity index (χ1n) is 10.8. The van der Waals surface area contributed by atoms with Crippen molar-refractivity contribution in [1.29, 1.82) is 0 Å². The van der Waals surface area contributed by atoms with Crippen molar-refractivity contribution >= 4 is 43.6 Å². The number of carbonyl (C=O) groups is 4. The second-order valence-electron chi connectivity index (χ2n) is 7.38. The third-order valence-electron chi connectivity index (χ3n) is 4.76. The highest BCUT2D eigenvalue weighted by molar-refractivity contribution is 7.39. The van der Waals surface area contributed by atoms with Crippen molar-refractivity contribution in [3.63, 3.8) is 0 Å². The maximum absolute atomic E-state index is 11.2. The van der Waals surface area contributed by atoms with E-state index in [4.69, 9.17) is 20.0 Å². The number of phenols is 2. The molecule has 3 aromatic carbocycles. The van der Waals surface area contributed by atoms with Crippen LogP contribution in [-0.2, 0) is 19.2 Å². The Morgan fingerprint density at radius 2 is 0.868 bits per heavy atom. The molecule has 4 amide bonds. The minimum atomic E-state index is -2.28. The van der Waals surface area contributed by atoms with E-state index in [-0.39, 0.29) is 35.1 Å². The zero-order valence-corrected chi connectivity index (χ0v) is 20.4. The molecule has 11 nitrogen and oxygen atoms in total. The Morgan fingerprint density at radius 3 is 1.18 bits per heavy atom. The predicted octanol–water partition coefficient (Wildman–Crippen LogP) is 2.92. The van der Waals surface area contributed by atoms with Gasteiger partial charge in [0, 0.05) is 24.3 Å². The molecule has 4 N–H and O–H groups in total. The first kappa shape index (κ1) is 27.8. The third kappa shape index (κ3) is 7.58. The predicted molar refractivity (Wildman–Crippen MR) is 138 cm³/mol. The van der Waals surface area contributed by atoms with Crippen molar-refractivity contribution in [3.8, 4) is 17.2 Å². The van der Waals surface area contributed by atoms with Crippen LogP contribution >= 0.6 is 8.60 Å². The van der Waals surface area contributed by atoms with Crippen LogP contribution in [0.25, 0.3) is 0 Å². The second kappa shape index (κ2) is 12.9. The molecule has 38 heavy (non-hydrogen) atoms. The van der Waals surface area contributed by atoms with Gasteiger partial charge in [0.15, 0.2) is 0 Å². The lowest BCUT2D eigenvalue weighted by Crippen LogP contribution is -2.29. The normalized spacial score (nSPS) is 13.9. The fourth-order valence-electron chi connectivity index (χ4n) is 3.09. The molecule has 0 spiro atoms. The van der Waals surface area contributed by atoms with Crippen LogP contribution < -0.4 is 14.3 Å². The summed E-state index contributed by atoms with van der Waals surface area (Å²) in [5.41, 5.74) is 0.922. The molecule has 2 aliphatic rings. The number of rotatable bonds is 4. The zero-order chi connectivity index (χ0) is 27.7. The molecule has 0 saturated heterocycles. The summed E-state index contributed by atoms with van der Waals surface area (Å²) in [5, 5.41) is 18.1. The minimum absolute atomic E-state index is 0.0980. The molecule has 12 heteroatoms. The highest BCUT2D eigenvalue weighted by Crippen LogP contribution is 2.28. The first-order chi connectivity index (χ1) is 18.2. The Morgan fingerprint density at radius 1 is 0.526 bits per heavy atom. The SMILES string of the molecule is O=C1C=CC(=O)N1c1ccc(O)cc1.O=C1C=CC(=O)N1c1ccc(O)cc1.OP(O)Oc1ccccc1. The van der Waals surface area contributed by atoms with Gasteiger partial charge in [0.25, 0.3) is 23.6 Å². The van der Waals surface area contributed by atoms with Crippen molar-refractivity contribution in [2.45, 2.75) is 0 Å². The molecular formula is C26H21N2O9P. The number of phenolic OH excluding ortho intramolecular Hbond substituents is 2. The van der Waals surface area contributed by atoms with E-state index >= 15 is 0 Å². The smallest absolute Gasteiger partial charge is 0.391 e. The van der Waals surface area contributed by atoms with Gasteiger partial charge in [-0.1, -0.05) is 18.2 Å². The average molecular weight is 536 g/mol. The van der Waals surface area contributed by atoms with Gasteiger partial charge in [-0.3, -0.25) is 19.2 Å². The Hall–Kier alpha value is -4.83. The maximum atomic E-state index is 11.2. The fourth-order valence-corrected chi connectivity index (χ4v) is 3.40. The van der Waals surface area contributed by atoms with Crippen LogP contribution in [0, 0.1) is 0 Å². The van der Waals surface area contributed by atoms with Crippen molar-refractivity contribution in [2.24, 2.45) is 0 Å². The zero-order valence-electron chi connectivity index (χ0n) is 19.5. The van der Waals surface area contributed by atoms with Gasteiger partial charge >= 0.3 is 8.60 Å². The molecule has 0 unspecified atom stereocenters. The molecule has 194 valence electrons. The monoisotopic (exact) mass is 536 g/mol. The van der Waals surface area contributed by atoms with Crippen LogP contribution in [0.5, 0.6) is 17.2 Å². The maximum Gasteiger partial charge on any atom is 0.391 e. The summed E-state index contributed by atoms with van der Waals surface area (Å²) in [5.74, 6) is -0.775. The van der Waals surface area contributed by atoms with Crippen molar-refractivity contribution in [2.75, 3.05) is 9.80 Å². The number of aromatic hydroxyl groups is 2. The summed E-state index contributed by atoms with van der Waals surface area (Å²) >= 11 is 0. The fraction of sp³-hybridized carbons (Fsp3) is 0. The van der Waals surface area contributed by atoms with Crippen LogP contribution in [-0.4, -0.2) is 43.6 Å². The Labute approximate surface area is 217 Å². The van der Waals surface area contributed by atoms with Gasteiger partial charge < -0.3 is 24.5 Å². The number of nitrogens with zero attached hydrogens (tertiary/aromatic N) is 2. The van der Waals surface area contributed by atoms with Crippen molar-refractivity contribution in [3.05, 3.63) is 103 Å². The van der Waals surface area contributed by atoms with E-state index in [1.807, 2.05) is 6.07 Å². The standard InChI is InChI=1S/2C10H7NO3.C6H7O3P/c2*12-8-3-1-7(2-4-8)11-9(13)5-6-10(11)14;7-10(8)9-6-4-2-1-3-5-6/h2*1-6,12H;1-5,7-8H. The van der Waals surface area contributed by atoms with E-state index in [9.17, 15) is 19.2 Å². The molecule has 0 bridgehead atoms. The minimum Gasteiger partial charge on any atom is -0.508 e. The number of benzene rings is 3. The number of hydrogen-bond donors (Lipinski definition) is 4. The van der Waals surface area contributed by atoms with E-state index in [0.717, 1.165) is 9.80 Å². The molecule has 0 atom stereocenters. The van der Waals surface area contributed by atoms with Gasteiger partial charge in [-0.25, -0.2) is 9.80 Å². The van der Waals surface area contributed by atoms with Gasteiger partial charge in [-0.2, -0.15) is 0 Å². The number of hydrogen-bond acceptors (Lipinski definition) is 9. The largest absolute Gasteiger partial charge is 0.508 e. The Bertz CT molecular complexity index is 1240. The molecule has 0 aromatic heterocycles. The van der Waals surface area contributed by atoms with Crippen LogP contribution in [0.4, 0.5) is 11.4 Å². The molecule has 0 fully saturated rings. The molecule has 2 heterocycles. The summed E-state index contributed by atoms with van der Waals surface area (Å²) in [6.45, 7) is 0.